The molecule has 1 aliphatic carbocycles. The zero-order valence-electron chi connectivity index (χ0n) is 12.6. The molecule has 0 aromatic carbocycles. The lowest BCUT2D eigenvalue weighted by atomic mass is 9.95. The van der Waals surface area contributed by atoms with E-state index in [0.717, 1.165) is 56.5 Å². The number of aromatic nitrogens is 1. The first-order valence-electron chi connectivity index (χ1n) is 7.88. The molecule has 1 aliphatic heterocycles. The van der Waals surface area contributed by atoms with Gasteiger partial charge in [-0.05, 0) is 43.4 Å². The van der Waals surface area contributed by atoms with E-state index in [1.807, 2.05) is 24.1 Å². The van der Waals surface area contributed by atoms with Gasteiger partial charge in [-0.2, -0.15) is 0 Å². The summed E-state index contributed by atoms with van der Waals surface area (Å²) < 4.78 is 0. The molecule has 1 aromatic heterocycles. The number of pyridine rings is 1. The lowest BCUT2D eigenvalue weighted by Crippen LogP contribution is -2.53. The zero-order chi connectivity index (χ0) is 14.9. The van der Waals surface area contributed by atoms with Crippen LogP contribution in [-0.4, -0.2) is 34.9 Å². The first-order chi connectivity index (χ1) is 10.1. The Labute approximate surface area is 125 Å². The molecule has 1 saturated carbocycles. The van der Waals surface area contributed by atoms with Crippen LogP contribution in [0.2, 0.25) is 0 Å². The smallest absolute Gasteiger partial charge is 0.243 e. The van der Waals surface area contributed by atoms with Crippen molar-refractivity contribution in [3.63, 3.8) is 0 Å². The van der Waals surface area contributed by atoms with Crippen LogP contribution in [0.25, 0.3) is 0 Å². The van der Waals surface area contributed by atoms with Crippen LogP contribution in [0, 0.1) is 0 Å². The van der Waals surface area contributed by atoms with Gasteiger partial charge in [-0.3, -0.25) is 4.79 Å². The van der Waals surface area contributed by atoms with Gasteiger partial charge in [-0.1, -0.05) is 12.8 Å². The van der Waals surface area contributed by atoms with Crippen molar-refractivity contribution in [1.82, 2.24) is 9.88 Å². The van der Waals surface area contributed by atoms with Crippen molar-refractivity contribution in [3.05, 3.63) is 23.9 Å². The molecule has 5 heteroatoms. The van der Waals surface area contributed by atoms with Gasteiger partial charge in [-0.15, -0.1) is 0 Å². The molecule has 0 unspecified atom stereocenters. The highest BCUT2D eigenvalue weighted by Gasteiger charge is 2.43. The molecule has 1 aromatic rings. The third-order valence-electron chi connectivity index (χ3n) is 4.86. The number of nitrogens with zero attached hydrogens (tertiary/aromatic N) is 2. The van der Waals surface area contributed by atoms with E-state index in [1.54, 1.807) is 6.20 Å². The van der Waals surface area contributed by atoms with Crippen LogP contribution in [0.5, 0.6) is 0 Å². The maximum absolute atomic E-state index is 12.9. The van der Waals surface area contributed by atoms with E-state index in [9.17, 15) is 4.79 Å². The maximum Gasteiger partial charge on any atom is 0.243 e. The number of likely N-dealkylation sites (tertiary alicyclic amines) is 1. The van der Waals surface area contributed by atoms with E-state index in [-0.39, 0.29) is 11.9 Å². The third kappa shape index (κ3) is 2.62. The summed E-state index contributed by atoms with van der Waals surface area (Å²) in [7, 11) is 1.86. The molecule has 0 radical (unpaired) electrons. The Morgan fingerprint density at radius 3 is 2.90 bits per heavy atom. The fourth-order valence-corrected chi connectivity index (χ4v) is 3.65. The molecular weight excluding hydrogens is 264 g/mol. The molecule has 2 fully saturated rings. The summed E-state index contributed by atoms with van der Waals surface area (Å²) in [6.07, 6.45) is 7.65. The number of nitrogens with two attached hydrogens (primary N) is 1. The minimum Gasteiger partial charge on any atom is -0.373 e. The van der Waals surface area contributed by atoms with Gasteiger partial charge in [-0.25, -0.2) is 4.98 Å². The van der Waals surface area contributed by atoms with Gasteiger partial charge in [0.2, 0.25) is 5.91 Å². The average molecular weight is 288 g/mol. The van der Waals surface area contributed by atoms with Gasteiger partial charge < -0.3 is 16.0 Å². The maximum atomic E-state index is 12.9. The van der Waals surface area contributed by atoms with Crippen molar-refractivity contribution in [2.24, 2.45) is 5.73 Å². The highest BCUT2D eigenvalue weighted by atomic mass is 16.2. The van der Waals surface area contributed by atoms with Gasteiger partial charge in [0.05, 0.1) is 11.6 Å². The van der Waals surface area contributed by atoms with Gasteiger partial charge in [0.25, 0.3) is 0 Å². The van der Waals surface area contributed by atoms with Crippen LogP contribution in [0.3, 0.4) is 0 Å². The summed E-state index contributed by atoms with van der Waals surface area (Å²) in [5.74, 6) is 0.987. The predicted molar refractivity (Wildman–Crippen MR) is 82.9 cm³/mol. The van der Waals surface area contributed by atoms with Crippen LogP contribution in [0.1, 0.15) is 50.1 Å². The van der Waals surface area contributed by atoms with Crippen molar-refractivity contribution >= 4 is 11.7 Å². The topological polar surface area (TPSA) is 71.2 Å². The number of amides is 1. The first-order valence-corrected chi connectivity index (χ1v) is 7.88. The monoisotopic (exact) mass is 288 g/mol. The van der Waals surface area contributed by atoms with Gasteiger partial charge >= 0.3 is 0 Å². The molecule has 21 heavy (non-hydrogen) atoms. The minimum absolute atomic E-state index is 0.144. The van der Waals surface area contributed by atoms with Crippen molar-refractivity contribution in [2.75, 3.05) is 18.9 Å². The number of rotatable bonds is 3. The number of anilines is 1. The van der Waals surface area contributed by atoms with E-state index in [2.05, 4.69) is 10.3 Å². The molecule has 3 N–H and O–H groups in total. The molecule has 2 aliphatic rings. The highest BCUT2D eigenvalue weighted by molar-refractivity contribution is 5.87. The zero-order valence-corrected chi connectivity index (χ0v) is 12.6. The second-order valence-electron chi connectivity index (χ2n) is 6.24. The lowest BCUT2D eigenvalue weighted by molar-refractivity contribution is -0.137. The Morgan fingerprint density at radius 1 is 1.43 bits per heavy atom. The number of carbonyl (C=O) groups excluding carboxylic acids is 1. The fraction of sp³-hybridized carbons (Fsp3) is 0.625. The summed E-state index contributed by atoms with van der Waals surface area (Å²) in [6, 6.07) is 4.19. The summed E-state index contributed by atoms with van der Waals surface area (Å²) in [6.45, 7) is 0.819. The molecular formula is C16H24N4O. The summed E-state index contributed by atoms with van der Waals surface area (Å²) >= 11 is 0. The van der Waals surface area contributed by atoms with Crippen molar-refractivity contribution in [1.29, 1.82) is 0 Å². The van der Waals surface area contributed by atoms with E-state index >= 15 is 0 Å². The Hall–Kier alpha value is -1.62. The molecule has 0 bridgehead atoms. The van der Waals surface area contributed by atoms with E-state index in [1.165, 1.54) is 0 Å². The van der Waals surface area contributed by atoms with Gasteiger partial charge in [0.1, 0.15) is 5.82 Å². The molecule has 1 saturated heterocycles. The Morgan fingerprint density at radius 2 is 2.19 bits per heavy atom. The second kappa shape index (κ2) is 5.64. The molecule has 1 amide bonds. The lowest BCUT2D eigenvalue weighted by Gasteiger charge is -2.33. The highest BCUT2D eigenvalue weighted by Crippen LogP contribution is 2.37. The van der Waals surface area contributed by atoms with Crippen LogP contribution >= 0.6 is 0 Å². The normalized spacial score (nSPS) is 24.3. The SMILES string of the molecule is CNc1cc([C@@H]2CCCN2C(=O)C2(N)CCCC2)ccn1. The quantitative estimate of drug-likeness (QED) is 0.893. The summed E-state index contributed by atoms with van der Waals surface area (Å²) in [4.78, 5) is 19.1. The largest absolute Gasteiger partial charge is 0.373 e. The van der Waals surface area contributed by atoms with Crippen LogP contribution in [0.15, 0.2) is 18.3 Å². The summed E-state index contributed by atoms with van der Waals surface area (Å²) in [5.41, 5.74) is 6.89. The fourth-order valence-electron chi connectivity index (χ4n) is 3.65. The number of hydrogen-bond acceptors (Lipinski definition) is 4. The Bertz CT molecular complexity index is 525. The van der Waals surface area contributed by atoms with Crippen LogP contribution in [-0.2, 0) is 4.79 Å². The van der Waals surface area contributed by atoms with Crippen molar-refractivity contribution in [3.8, 4) is 0 Å². The number of carbonyl (C=O) groups is 1. The predicted octanol–water partition coefficient (Wildman–Crippen LogP) is 2.06. The first kappa shape index (κ1) is 14.3. The van der Waals surface area contributed by atoms with E-state index in [4.69, 9.17) is 5.73 Å². The molecule has 114 valence electrons. The van der Waals surface area contributed by atoms with Crippen molar-refractivity contribution < 1.29 is 4.79 Å². The molecule has 0 spiro atoms. The molecule has 3 rings (SSSR count). The molecule has 2 heterocycles. The molecule has 1 atom stereocenters. The number of hydrogen-bond donors (Lipinski definition) is 2. The van der Waals surface area contributed by atoms with Crippen molar-refractivity contribution in [2.45, 2.75) is 50.1 Å². The average Bonchev–Trinajstić information content (AvgIpc) is 3.16. The van der Waals surface area contributed by atoms with Gasteiger partial charge in [0, 0.05) is 19.8 Å². The molecule has 5 nitrogen and oxygen atoms in total. The van der Waals surface area contributed by atoms with Crippen LogP contribution in [0.4, 0.5) is 5.82 Å². The third-order valence-corrected chi connectivity index (χ3v) is 4.86. The van der Waals surface area contributed by atoms with E-state index in [0.29, 0.717) is 0 Å². The number of nitrogens with one attached hydrogen (secondary N) is 1. The Kier molecular flexibility index (Phi) is 3.85. The van der Waals surface area contributed by atoms with Gasteiger partial charge in [0.15, 0.2) is 0 Å². The van der Waals surface area contributed by atoms with Crippen LogP contribution < -0.4 is 11.1 Å². The van der Waals surface area contributed by atoms with E-state index < -0.39 is 5.54 Å². The second-order valence-corrected chi connectivity index (χ2v) is 6.24. The Balaban J connectivity index is 1.83. The summed E-state index contributed by atoms with van der Waals surface area (Å²) in [5, 5.41) is 3.06. The standard InChI is InChI=1S/C16H24N4O/c1-18-14-11-12(6-9-19-14)13-5-4-10-20(13)15(21)16(17)7-2-3-8-16/h6,9,11,13H,2-5,7-8,10,17H2,1H3,(H,18,19)/t13-/m0/s1. The minimum atomic E-state index is -0.624.